The van der Waals surface area contributed by atoms with E-state index in [1.165, 1.54) is 5.56 Å². The van der Waals surface area contributed by atoms with Crippen LogP contribution in [0.15, 0.2) is 36.7 Å². The molecule has 4 nitrogen and oxygen atoms in total. The number of nitrogens with zero attached hydrogens (tertiary/aromatic N) is 4. The van der Waals surface area contributed by atoms with E-state index in [9.17, 15) is 0 Å². The van der Waals surface area contributed by atoms with Crippen LogP contribution in [0.25, 0.3) is 11.0 Å². The van der Waals surface area contributed by atoms with E-state index in [-0.39, 0.29) is 0 Å². The van der Waals surface area contributed by atoms with Crippen LogP contribution in [0.2, 0.25) is 0 Å². The first-order valence-corrected chi connectivity index (χ1v) is 6.80. The van der Waals surface area contributed by atoms with E-state index in [0.717, 1.165) is 29.9 Å². The van der Waals surface area contributed by atoms with Crippen LogP contribution in [0, 0.1) is 6.92 Å². The Bertz CT molecular complexity index is 685. The summed E-state index contributed by atoms with van der Waals surface area (Å²) in [5, 5.41) is 4.22. The molecule has 0 spiro atoms. The molecule has 0 unspecified atom stereocenters. The third-order valence-corrected chi connectivity index (χ3v) is 3.45. The maximum absolute atomic E-state index is 6.00. The predicted octanol–water partition coefficient (Wildman–Crippen LogP) is 2.98. The zero-order valence-corrected chi connectivity index (χ0v) is 11.5. The van der Waals surface area contributed by atoms with E-state index < -0.39 is 0 Å². The van der Waals surface area contributed by atoms with Gasteiger partial charge in [-0.2, -0.15) is 5.10 Å². The molecule has 0 bridgehead atoms. The number of hydrogen-bond donors (Lipinski definition) is 0. The smallest absolute Gasteiger partial charge is 0.124 e. The number of hydrogen-bond acceptors (Lipinski definition) is 2. The van der Waals surface area contributed by atoms with E-state index in [1.54, 1.807) is 6.20 Å². The second-order valence-corrected chi connectivity index (χ2v) is 4.84. The Morgan fingerprint density at radius 3 is 2.89 bits per heavy atom. The molecule has 2 aromatic heterocycles. The second kappa shape index (κ2) is 5.05. The number of halogens is 1. The van der Waals surface area contributed by atoms with Crippen LogP contribution in [0.4, 0.5) is 0 Å². The molecule has 0 saturated carbocycles. The fourth-order valence-corrected chi connectivity index (χ4v) is 2.47. The second-order valence-electron chi connectivity index (χ2n) is 4.57. The summed E-state index contributed by atoms with van der Waals surface area (Å²) >= 11 is 6.00. The van der Waals surface area contributed by atoms with Crippen molar-refractivity contribution in [3.63, 3.8) is 0 Å². The van der Waals surface area contributed by atoms with E-state index in [0.29, 0.717) is 5.88 Å². The lowest BCUT2D eigenvalue weighted by molar-refractivity contribution is 0.533. The van der Waals surface area contributed by atoms with Crippen LogP contribution in [0.3, 0.4) is 0 Å². The van der Waals surface area contributed by atoms with Crippen molar-refractivity contribution in [1.29, 1.82) is 0 Å². The van der Waals surface area contributed by atoms with E-state index >= 15 is 0 Å². The summed E-state index contributed by atoms with van der Waals surface area (Å²) in [5.74, 6) is 1.33. The third kappa shape index (κ3) is 2.36. The Morgan fingerprint density at radius 2 is 2.16 bits per heavy atom. The van der Waals surface area contributed by atoms with Gasteiger partial charge in [0.1, 0.15) is 5.82 Å². The van der Waals surface area contributed by atoms with Crippen molar-refractivity contribution in [2.24, 2.45) is 0 Å². The molecule has 0 amide bonds. The highest BCUT2D eigenvalue weighted by Gasteiger charge is 2.09. The number of rotatable bonds is 4. The Kier molecular flexibility index (Phi) is 3.25. The van der Waals surface area contributed by atoms with Crippen molar-refractivity contribution in [1.82, 2.24) is 19.3 Å². The standard InChI is InChI=1S/C14H15ClN4/c1-11-3-4-12-13(9-11)19(14(10-15)17-12)8-7-18-6-2-5-16-18/h2-6,9H,7-8,10H2,1H3. The van der Waals surface area contributed by atoms with Crippen LogP contribution in [0.1, 0.15) is 11.4 Å². The molecule has 0 atom stereocenters. The molecule has 0 radical (unpaired) electrons. The molecule has 0 saturated heterocycles. The molecule has 1 aromatic carbocycles. The zero-order valence-electron chi connectivity index (χ0n) is 10.8. The van der Waals surface area contributed by atoms with Gasteiger partial charge >= 0.3 is 0 Å². The van der Waals surface area contributed by atoms with Crippen molar-refractivity contribution < 1.29 is 0 Å². The van der Waals surface area contributed by atoms with Gasteiger partial charge in [0.2, 0.25) is 0 Å². The number of benzene rings is 1. The highest BCUT2D eigenvalue weighted by molar-refractivity contribution is 6.16. The summed E-state index contributed by atoms with van der Waals surface area (Å²) in [6.45, 7) is 3.73. The van der Waals surface area contributed by atoms with E-state index in [4.69, 9.17) is 11.6 Å². The molecule has 5 heteroatoms. The Hall–Kier alpha value is -1.81. The molecule has 0 fully saturated rings. The predicted molar refractivity (Wildman–Crippen MR) is 76.3 cm³/mol. The SMILES string of the molecule is Cc1ccc2nc(CCl)n(CCn3cccn3)c2c1. The molecule has 98 valence electrons. The normalized spacial score (nSPS) is 11.3. The molecular formula is C14H15ClN4. The number of alkyl halides is 1. The van der Waals surface area contributed by atoms with Crippen LogP contribution in [-0.2, 0) is 19.0 Å². The van der Waals surface area contributed by atoms with Gasteiger partial charge in [-0.1, -0.05) is 6.07 Å². The lowest BCUT2D eigenvalue weighted by Crippen LogP contribution is -2.10. The van der Waals surface area contributed by atoms with Gasteiger partial charge in [-0.3, -0.25) is 4.68 Å². The first-order chi connectivity index (χ1) is 9.28. The van der Waals surface area contributed by atoms with Crippen molar-refractivity contribution in [2.75, 3.05) is 0 Å². The van der Waals surface area contributed by atoms with Gasteiger partial charge in [0.15, 0.2) is 0 Å². The molecule has 0 N–H and O–H groups in total. The summed E-state index contributed by atoms with van der Waals surface area (Å²) in [6, 6.07) is 8.20. The molecular weight excluding hydrogens is 260 g/mol. The number of fused-ring (bicyclic) bond motifs is 1. The minimum atomic E-state index is 0.423. The molecule has 3 aromatic rings. The van der Waals surface area contributed by atoms with Gasteiger partial charge in [0.05, 0.1) is 23.5 Å². The third-order valence-electron chi connectivity index (χ3n) is 3.21. The van der Waals surface area contributed by atoms with Crippen LogP contribution < -0.4 is 0 Å². The molecule has 0 aliphatic heterocycles. The highest BCUT2D eigenvalue weighted by Crippen LogP contribution is 2.19. The molecule has 2 heterocycles. The quantitative estimate of drug-likeness (QED) is 0.686. The van der Waals surface area contributed by atoms with Gasteiger partial charge in [-0.05, 0) is 30.7 Å². The summed E-state index contributed by atoms with van der Waals surface area (Å²) in [7, 11) is 0. The topological polar surface area (TPSA) is 35.6 Å². The average Bonchev–Trinajstić information content (AvgIpc) is 3.03. The van der Waals surface area contributed by atoms with Crippen molar-refractivity contribution in [2.45, 2.75) is 25.9 Å². The molecule has 3 rings (SSSR count). The van der Waals surface area contributed by atoms with Gasteiger partial charge in [0, 0.05) is 18.9 Å². The van der Waals surface area contributed by atoms with E-state index in [1.807, 2.05) is 23.0 Å². The zero-order chi connectivity index (χ0) is 13.2. The fourth-order valence-electron chi connectivity index (χ4n) is 2.27. The van der Waals surface area contributed by atoms with Crippen LogP contribution >= 0.6 is 11.6 Å². The minimum absolute atomic E-state index is 0.423. The fraction of sp³-hybridized carbons (Fsp3) is 0.286. The summed E-state index contributed by atoms with van der Waals surface area (Å²) in [4.78, 5) is 4.57. The Labute approximate surface area is 116 Å². The molecule has 0 aliphatic carbocycles. The Morgan fingerprint density at radius 1 is 1.26 bits per heavy atom. The molecule has 19 heavy (non-hydrogen) atoms. The number of imidazole rings is 1. The summed E-state index contributed by atoms with van der Waals surface area (Å²) in [5.41, 5.74) is 3.37. The lowest BCUT2D eigenvalue weighted by atomic mass is 10.2. The first kappa shape index (κ1) is 12.2. The monoisotopic (exact) mass is 274 g/mol. The van der Waals surface area contributed by atoms with Crippen LogP contribution in [-0.4, -0.2) is 19.3 Å². The highest BCUT2D eigenvalue weighted by atomic mass is 35.5. The van der Waals surface area contributed by atoms with Crippen molar-refractivity contribution in [3.05, 3.63) is 48.0 Å². The average molecular weight is 275 g/mol. The lowest BCUT2D eigenvalue weighted by Gasteiger charge is -2.08. The Balaban J connectivity index is 1.97. The largest absolute Gasteiger partial charge is 0.325 e. The van der Waals surface area contributed by atoms with Gasteiger partial charge in [-0.15, -0.1) is 11.6 Å². The van der Waals surface area contributed by atoms with Gasteiger partial charge < -0.3 is 4.57 Å². The number of aromatic nitrogens is 4. The maximum Gasteiger partial charge on any atom is 0.124 e. The van der Waals surface area contributed by atoms with Gasteiger partial charge in [0.25, 0.3) is 0 Å². The minimum Gasteiger partial charge on any atom is -0.325 e. The number of aryl methyl sites for hydroxylation is 3. The maximum atomic E-state index is 6.00. The van der Waals surface area contributed by atoms with E-state index in [2.05, 4.69) is 33.7 Å². The summed E-state index contributed by atoms with van der Waals surface area (Å²) < 4.78 is 4.09. The van der Waals surface area contributed by atoms with Crippen molar-refractivity contribution >= 4 is 22.6 Å². The van der Waals surface area contributed by atoms with Gasteiger partial charge in [-0.25, -0.2) is 4.98 Å². The van der Waals surface area contributed by atoms with Crippen molar-refractivity contribution in [3.8, 4) is 0 Å². The molecule has 0 aliphatic rings. The van der Waals surface area contributed by atoms with Crippen LogP contribution in [0.5, 0.6) is 0 Å². The summed E-state index contributed by atoms with van der Waals surface area (Å²) in [6.07, 6.45) is 3.75. The first-order valence-electron chi connectivity index (χ1n) is 6.27.